The predicted octanol–water partition coefficient (Wildman–Crippen LogP) is 4.52. The Bertz CT molecular complexity index is 1130. The summed E-state index contributed by atoms with van der Waals surface area (Å²) in [7, 11) is 0. The number of nitrogens with one attached hydrogen (secondary N) is 2. The van der Waals surface area contributed by atoms with Gasteiger partial charge in [0.05, 0.1) is 23.1 Å². The summed E-state index contributed by atoms with van der Waals surface area (Å²) in [5.74, 6) is 0.0576. The van der Waals surface area contributed by atoms with Gasteiger partial charge in [-0.1, -0.05) is 36.4 Å². The summed E-state index contributed by atoms with van der Waals surface area (Å²) in [6.45, 7) is 0. The van der Waals surface area contributed by atoms with Crippen LogP contribution in [0, 0.1) is 11.3 Å². The fraction of sp³-hybridized carbons (Fsp3) is 0.0455. The van der Waals surface area contributed by atoms with Crippen molar-refractivity contribution in [1.82, 2.24) is 0 Å². The lowest BCUT2D eigenvalue weighted by Crippen LogP contribution is -2.19. The number of anilines is 2. The molecule has 136 valence electrons. The molecule has 1 heterocycles. The highest BCUT2D eigenvalue weighted by molar-refractivity contribution is 8.00. The quantitative estimate of drug-likeness (QED) is 0.694. The van der Waals surface area contributed by atoms with Gasteiger partial charge in [0.25, 0.3) is 5.91 Å². The molecule has 1 aliphatic heterocycles. The molecule has 1 aliphatic rings. The molecule has 2 amide bonds. The number of amides is 2. The summed E-state index contributed by atoms with van der Waals surface area (Å²) >= 11 is 1.47. The zero-order valence-corrected chi connectivity index (χ0v) is 15.5. The Labute approximate surface area is 166 Å². The number of carbonyl (C=O) groups is 2. The van der Waals surface area contributed by atoms with Crippen LogP contribution in [0.2, 0.25) is 0 Å². The first kappa shape index (κ1) is 17.8. The molecule has 2 N–H and O–H groups in total. The van der Waals surface area contributed by atoms with E-state index in [1.807, 2.05) is 36.4 Å². The summed E-state index contributed by atoms with van der Waals surface area (Å²) < 4.78 is 0. The van der Waals surface area contributed by atoms with Crippen LogP contribution in [0.4, 0.5) is 11.4 Å². The molecule has 0 saturated carbocycles. The second-order valence-electron chi connectivity index (χ2n) is 6.20. The third-order valence-electron chi connectivity index (χ3n) is 4.38. The number of hydrogen-bond acceptors (Lipinski definition) is 4. The van der Waals surface area contributed by atoms with Crippen LogP contribution in [0.1, 0.15) is 15.9 Å². The lowest BCUT2D eigenvalue weighted by Gasteiger charge is -2.17. The van der Waals surface area contributed by atoms with Gasteiger partial charge in [-0.2, -0.15) is 5.26 Å². The van der Waals surface area contributed by atoms with E-state index in [0.29, 0.717) is 39.4 Å². The minimum absolute atomic E-state index is 0.0561. The molecule has 0 radical (unpaired) electrons. The Balaban J connectivity index is 1.66. The van der Waals surface area contributed by atoms with Gasteiger partial charge in [-0.25, -0.2) is 0 Å². The van der Waals surface area contributed by atoms with E-state index in [4.69, 9.17) is 0 Å². The maximum absolute atomic E-state index is 13.0. The Morgan fingerprint density at radius 2 is 1.79 bits per heavy atom. The third-order valence-corrected chi connectivity index (χ3v) is 5.45. The van der Waals surface area contributed by atoms with Gasteiger partial charge in [-0.3, -0.25) is 9.59 Å². The average molecular weight is 385 g/mol. The number of nitrogens with zero attached hydrogens (tertiary/aromatic N) is 1. The highest BCUT2D eigenvalue weighted by Gasteiger charge is 2.18. The number of thioether (sulfide) groups is 1. The molecule has 3 aromatic rings. The first-order valence-electron chi connectivity index (χ1n) is 8.62. The van der Waals surface area contributed by atoms with Crippen molar-refractivity contribution in [2.45, 2.75) is 4.90 Å². The molecule has 0 saturated heterocycles. The van der Waals surface area contributed by atoms with Gasteiger partial charge < -0.3 is 10.6 Å². The SMILES string of the molecule is N#Cc1ccccc1-c1ccccc1C(=O)Nc1ccc2c(c1)NC(=O)CS2. The summed E-state index contributed by atoms with van der Waals surface area (Å²) in [4.78, 5) is 25.5. The molecule has 4 rings (SSSR count). The molecular formula is C22H15N3O2S. The van der Waals surface area contributed by atoms with Crippen molar-refractivity contribution in [2.24, 2.45) is 0 Å². The minimum atomic E-state index is -0.280. The first-order valence-corrected chi connectivity index (χ1v) is 9.61. The Kier molecular flexibility index (Phi) is 4.83. The fourth-order valence-corrected chi connectivity index (χ4v) is 3.88. The van der Waals surface area contributed by atoms with E-state index in [1.54, 1.807) is 30.3 Å². The number of carbonyl (C=O) groups excluding carboxylic acids is 2. The van der Waals surface area contributed by atoms with Gasteiger partial charge in [-0.15, -0.1) is 11.8 Å². The third kappa shape index (κ3) is 3.48. The van der Waals surface area contributed by atoms with Crippen LogP contribution in [0.25, 0.3) is 11.1 Å². The monoisotopic (exact) mass is 385 g/mol. The predicted molar refractivity (Wildman–Crippen MR) is 110 cm³/mol. The second-order valence-corrected chi connectivity index (χ2v) is 7.22. The van der Waals surface area contributed by atoms with E-state index in [9.17, 15) is 14.9 Å². The smallest absolute Gasteiger partial charge is 0.256 e. The Morgan fingerprint density at radius 3 is 2.61 bits per heavy atom. The maximum atomic E-state index is 13.0. The topological polar surface area (TPSA) is 82.0 Å². The van der Waals surface area contributed by atoms with Crippen molar-refractivity contribution in [3.63, 3.8) is 0 Å². The van der Waals surface area contributed by atoms with Crippen LogP contribution in [0.3, 0.4) is 0 Å². The van der Waals surface area contributed by atoms with E-state index in [1.165, 1.54) is 11.8 Å². The van der Waals surface area contributed by atoms with Crippen molar-refractivity contribution >= 4 is 35.0 Å². The number of nitriles is 1. The molecule has 0 spiro atoms. The van der Waals surface area contributed by atoms with Gasteiger partial charge in [0.1, 0.15) is 0 Å². The molecule has 0 bridgehead atoms. The van der Waals surface area contributed by atoms with E-state index in [-0.39, 0.29) is 11.8 Å². The van der Waals surface area contributed by atoms with E-state index in [0.717, 1.165) is 4.90 Å². The van der Waals surface area contributed by atoms with Crippen LogP contribution < -0.4 is 10.6 Å². The van der Waals surface area contributed by atoms with Crippen molar-refractivity contribution in [2.75, 3.05) is 16.4 Å². The zero-order valence-electron chi connectivity index (χ0n) is 14.7. The molecule has 0 aromatic heterocycles. The van der Waals surface area contributed by atoms with E-state index < -0.39 is 0 Å². The second kappa shape index (κ2) is 7.59. The number of fused-ring (bicyclic) bond motifs is 1. The molecule has 0 atom stereocenters. The summed E-state index contributed by atoms with van der Waals surface area (Å²) in [5.41, 5.74) is 3.68. The van der Waals surface area contributed by atoms with Crippen LogP contribution >= 0.6 is 11.8 Å². The van der Waals surface area contributed by atoms with Crippen LogP contribution in [-0.4, -0.2) is 17.6 Å². The number of hydrogen-bond donors (Lipinski definition) is 2. The molecule has 0 fully saturated rings. The van der Waals surface area contributed by atoms with Crippen molar-refractivity contribution in [3.8, 4) is 17.2 Å². The minimum Gasteiger partial charge on any atom is -0.324 e. The molecule has 28 heavy (non-hydrogen) atoms. The number of rotatable bonds is 3. The van der Waals surface area contributed by atoms with Gasteiger partial charge in [0.2, 0.25) is 5.91 Å². The van der Waals surface area contributed by atoms with Crippen LogP contribution in [0.15, 0.2) is 71.6 Å². The Morgan fingerprint density at radius 1 is 1.04 bits per heavy atom. The lowest BCUT2D eigenvalue weighted by atomic mass is 9.95. The van der Waals surface area contributed by atoms with Crippen molar-refractivity contribution in [1.29, 1.82) is 5.26 Å². The van der Waals surface area contributed by atoms with E-state index in [2.05, 4.69) is 16.7 Å². The summed E-state index contributed by atoms with van der Waals surface area (Å²) in [5, 5.41) is 15.1. The van der Waals surface area contributed by atoms with Crippen molar-refractivity contribution in [3.05, 3.63) is 77.9 Å². The number of benzene rings is 3. The molecular weight excluding hydrogens is 370 g/mol. The zero-order chi connectivity index (χ0) is 19.5. The fourth-order valence-electron chi connectivity index (χ4n) is 3.09. The average Bonchev–Trinajstić information content (AvgIpc) is 2.73. The molecule has 5 nitrogen and oxygen atoms in total. The van der Waals surface area contributed by atoms with Gasteiger partial charge >= 0.3 is 0 Å². The van der Waals surface area contributed by atoms with Gasteiger partial charge in [0, 0.05) is 21.7 Å². The maximum Gasteiger partial charge on any atom is 0.256 e. The highest BCUT2D eigenvalue weighted by Crippen LogP contribution is 2.34. The standard InChI is InChI=1S/C22H15N3O2S/c23-12-14-5-1-2-6-16(14)17-7-3-4-8-18(17)22(27)24-15-9-10-20-19(11-15)25-21(26)13-28-20/h1-11H,13H2,(H,24,27)(H,25,26). The van der Waals surface area contributed by atoms with Crippen LogP contribution in [-0.2, 0) is 4.79 Å². The first-order chi connectivity index (χ1) is 13.7. The lowest BCUT2D eigenvalue weighted by molar-refractivity contribution is -0.113. The molecule has 3 aromatic carbocycles. The van der Waals surface area contributed by atoms with Gasteiger partial charge in [0.15, 0.2) is 0 Å². The van der Waals surface area contributed by atoms with Crippen molar-refractivity contribution < 1.29 is 9.59 Å². The van der Waals surface area contributed by atoms with E-state index >= 15 is 0 Å². The van der Waals surface area contributed by atoms with Crippen LogP contribution in [0.5, 0.6) is 0 Å². The summed E-state index contributed by atoms with van der Waals surface area (Å²) in [6, 6.07) is 22.0. The molecule has 6 heteroatoms. The molecule has 0 unspecified atom stereocenters. The normalized spacial score (nSPS) is 12.5. The Hall–Kier alpha value is -3.56. The molecule has 0 aliphatic carbocycles. The largest absolute Gasteiger partial charge is 0.324 e. The summed E-state index contributed by atoms with van der Waals surface area (Å²) in [6.07, 6.45) is 0. The highest BCUT2D eigenvalue weighted by atomic mass is 32.2. The van der Waals surface area contributed by atoms with Gasteiger partial charge in [-0.05, 0) is 35.9 Å².